The minimum atomic E-state index is 0.135. The Morgan fingerprint density at radius 1 is 1.42 bits per heavy atom. The van der Waals surface area contributed by atoms with Crippen LogP contribution in [0, 0.1) is 11.8 Å². The lowest BCUT2D eigenvalue weighted by Gasteiger charge is -2.31. The highest BCUT2D eigenvalue weighted by molar-refractivity contribution is 5.79. The number of ether oxygens (including phenoxy) is 1. The molecule has 1 amide bonds. The van der Waals surface area contributed by atoms with Crippen molar-refractivity contribution in [3.8, 4) is 0 Å². The Bertz CT molecular complexity index is 292. The molecule has 0 radical (unpaired) electrons. The van der Waals surface area contributed by atoms with Gasteiger partial charge in [-0.05, 0) is 25.8 Å². The molecule has 2 rings (SSSR count). The summed E-state index contributed by atoms with van der Waals surface area (Å²) < 4.78 is 5.33. The standard InChI is InChI=1S/C14H27N3O2/c1-11-7-13(9-15-8-11)14(18)16-12(2)10-17-3-5-19-6-4-17/h11-13,15H,3-10H2,1-2H3,(H,16,18). The second kappa shape index (κ2) is 7.22. The number of piperidine rings is 1. The molecule has 0 aromatic rings. The third-order valence-electron chi connectivity index (χ3n) is 3.97. The van der Waals surface area contributed by atoms with E-state index in [9.17, 15) is 4.79 Å². The highest BCUT2D eigenvalue weighted by Crippen LogP contribution is 2.15. The van der Waals surface area contributed by atoms with Crippen LogP contribution in [0.1, 0.15) is 20.3 Å². The third kappa shape index (κ3) is 4.75. The molecule has 0 saturated carbocycles. The van der Waals surface area contributed by atoms with Crippen LogP contribution in [0.5, 0.6) is 0 Å². The zero-order valence-corrected chi connectivity index (χ0v) is 12.2. The van der Waals surface area contributed by atoms with Gasteiger partial charge in [0.05, 0.1) is 19.1 Å². The van der Waals surface area contributed by atoms with E-state index in [1.165, 1.54) is 0 Å². The van der Waals surface area contributed by atoms with Crippen LogP contribution in [-0.4, -0.2) is 62.8 Å². The lowest BCUT2D eigenvalue weighted by Crippen LogP contribution is -2.50. The van der Waals surface area contributed by atoms with Gasteiger partial charge in [0.2, 0.25) is 5.91 Å². The molecule has 0 aliphatic carbocycles. The Morgan fingerprint density at radius 2 is 2.16 bits per heavy atom. The highest BCUT2D eigenvalue weighted by atomic mass is 16.5. The van der Waals surface area contributed by atoms with Gasteiger partial charge in [0, 0.05) is 32.2 Å². The van der Waals surface area contributed by atoms with E-state index in [1.807, 2.05) is 0 Å². The van der Waals surface area contributed by atoms with Gasteiger partial charge in [-0.2, -0.15) is 0 Å². The number of rotatable bonds is 4. The maximum Gasteiger partial charge on any atom is 0.224 e. The van der Waals surface area contributed by atoms with Crippen LogP contribution in [0.25, 0.3) is 0 Å². The third-order valence-corrected chi connectivity index (χ3v) is 3.97. The van der Waals surface area contributed by atoms with Crippen molar-refractivity contribution >= 4 is 5.91 Å². The summed E-state index contributed by atoms with van der Waals surface area (Å²) in [5.41, 5.74) is 0. The van der Waals surface area contributed by atoms with Crippen LogP contribution < -0.4 is 10.6 Å². The normalized spacial score (nSPS) is 30.8. The number of amides is 1. The van der Waals surface area contributed by atoms with Crippen LogP contribution >= 0.6 is 0 Å². The number of hydrogen-bond acceptors (Lipinski definition) is 4. The van der Waals surface area contributed by atoms with E-state index < -0.39 is 0 Å². The number of nitrogens with one attached hydrogen (secondary N) is 2. The maximum atomic E-state index is 12.2. The van der Waals surface area contributed by atoms with Crippen LogP contribution in [0.15, 0.2) is 0 Å². The molecule has 0 bridgehead atoms. The van der Waals surface area contributed by atoms with Crippen LogP contribution in [0.3, 0.4) is 0 Å². The summed E-state index contributed by atoms with van der Waals surface area (Å²) in [6, 6.07) is 0.211. The largest absolute Gasteiger partial charge is 0.379 e. The Balaban J connectivity index is 1.71. The number of nitrogens with zero attached hydrogens (tertiary/aromatic N) is 1. The Morgan fingerprint density at radius 3 is 2.84 bits per heavy atom. The molecule has 0 aromatic carbocycles. The van der Waals surface area contributed by atoms with E-state index in [2.05, 4.69) is 29.4 Å². The molecule has 2 aliphatic rings. The molecule has 0 aromatic heterocycles. The van der Waals surface area contributed by atoms with Crippen LogP contribution in [0.2, 0.25) is 0 Å². The Hall–Kier alpha value is -0.650. The van der Waals surface area contributed by atoms with Crippen LogP contribution in [-0.2, 0) is 9.53 Å². The van der Waals surface area contributed by atoms with E-state index in [4.69, 9.17) is 4.74 Å². The molecule has 110 valence electrons. The molecule has 3 unspecified atom stereocenters. The van der Waals surface area contributed by atoms with Gasteiger partial charge in [-0.15, -0.1) is 0 Å². The zero-order valence-electron chi connectivity index (χ0n) is 12.2. The minimum Gasteiger partial charge on any atom is -0.379 e. The number of hydrogen-bond donors (Lipinski definition) is 2. The fourth-order valence-corrected chi connectivity index (χ4v) is 2.93. The van der Waals surface area contributed by atoms with Gasteiger partial charge in [0.1, 0.15) is 0 Å². The predicted molar refractivity (Wildman–Crippen MR) is 75.0 cm³/mol. The predicted octanol–water partition coefficient (Wildman–Crippen LogP) is 0.0689. The maximum absolute atomic E-state index is 12.2. The molecule has 19 heavy (non-hydrogen) atoms. The monoisotopic (exact) mass is 269 g/mol. The van der Waals surface area contributed by atoms with Gasteiger partial charge < -0.3 is 15.4 Å². The average Bonchev–Trinajstić information content (AvgIpc) is 2.39. The van der Waals surface area contributed by atoms with Crippen molar-refractivity contribution in [2.45, 2.75) is 26.3 Å². The molecule has 0 spiro atoms. The lowest BCUT2D eigenvalue weighted by atomic mass is 9.91. The quantitative estimate of drug-likeness (QED) is 0.758. The summed E-state index contributed by atoms with van der Waals surface area (Å²) in [4.78, 5) is 14.6. The summed E-state index contributed by atoms with van der Waals surface area (Å²) in [7, 11) is 0. The summed E-state index contributed by atoms with van der Waals surface area (Å²) in [5, 5.41) is 6.49. The van der Waals surface area contributed by atoms with E-state index >= 15 is 0 Å². The van der Waals surface area contributed by atoms with Crippen molar-refractivity contribution in [3.05, 3.63) is 0 Å². The molecule has 5 heteroatoms. The molecular weight excluding hydrogens is 242 g/mol. The molecule has 2 fully saturated rings. The zero-order chi connectivity index (χ0) is 13.7. The Labute approximate surface area is 116 Å². The van der Waals surface area contributed by atoms with Crippen molar-refractivity contribution in [1.82, 2.24) is 15.5 Å². The smallest absolute Gasteiger partial charge is 0.224 e. The lowest BCUT2D eigenvalue weighted by molar-refractivity contribution is -0.126. The summed E-state index contributed by atoms with van der Waals surface area (Å²) in [5.74, 6) is 0.940. The topological polar surface area (TPSA) is 53.6 Å². The molecule has 3 atom stereocenters. The Kier molecular flexibility index (Phi) is 5.60. The average molecular weight is 269 g/mol. The van der Waals surface area contributed by atoms with Gasteiger partial charge in [-0.1, -0.05) is 6.92 Å². The first kappa shape index (κ1) is 14.8. The summed E-state index contributed by atoms with van der Waals surface area (Å²) >= 11 is 0. The van der Waals surface area contributed by atoms with Gasteiger partial charge >= 0.3 is 0 Å². The second-order valence-corrected chi connectivity index (χ2v) is 6.02. The number of carbonyl (C=O) groups excluding carboxylic acids is 1. The highest BCUT2D eigenvalue weighted by Gasteiger charge is 2.26. The molecular formula is C14H27N3O2. The van der Waals surface area contributed by atoms with Gasteiger partial charge in [0.25, 0.3) is 0 Å². The molecule has 2 aliphatic heterocycles. The number of morpholine rings is 1. The summed E-state index contributed by atoms with van der Waals surface area (Å²) in [6.45, 7) is 10.6. The first-order valence-electron chi connectivity index (χ1n) is 7.46. The van der Waals surface area contributed by atoms with Gasteiger partial charge in [-0.3, -0.25) is 9.69 Å². The first-order valence-corrected chi connectivity index (χ1v) is 7.46. The minimum absolute atomic E-state index is 0.135. The van der Waals surface area contributed by atoms with E-state index in [0.29, 0.717) is 5.92 Å². The fourth-order valence-electron chi connectivity index (χ4n) is 2.93. The van der Waals surface area contributed by atoms with E-state index in [0.717, 1.165) is 52.4 Å². The van der Waals surface area contributed by atoms with E-state index in [-0.39, 0.29) is 17.9 Å². The molecule has 2 heterocycles. The molecule has 5 nitrogen and oxygen atoms in total. The molecule has 2 saturated heterocycles. The van der Waals surface area contributed by atoms with Gasteiger partial charge in [-0.25, -0.2) is 0 Å². The summed E-state index contributed by atoms with van der Waals surface area (Å²) in [6.07, 6.45) is 1.00. The second-order valence-electron chi connectivity index (χ2n) is 6.02. The van der Waals surface area contributed by atoms with Crippen LogP contribution in [0.4, 0.5) is 0 Å². The number of carbonyl (C=O) groups is 1. The molecule has 2 N–H and O–H groups in total. The van der Waals surface area contributed by atoms with E-state index in [1.54, 1.807) is 0 Å². The van der Waals surface area contributed by atoms with Crippen molar-refractivity contribution in [3.63, 3.8) is 0 Å². The van der Waals surface area contributed by atoms with Crippen molar-refractivity contribution in [2.24, 2.45) is 11.8 Å². The SMILES string of the molecule is CC1CNCC(C(=O)NC(C)CN2CCOCC2)C1. The fraction of sp³-hybridized carbons (Fsp3) is 0.929. The van der Waals surface area contributed by atoms with Crippen molar-refractivity contribution in [1.29, 1.82) is 0 Å². The van der Waals surface area contributed by atoms with Gasteiger partial charge in [0.15, 0.2) is 0 Å². The first-order chi connectivity index (χ1) is 9.15. The van der Waals surface area contributed by atoms with Crippen molar-refractivity contribution < 1.29 is 9.53 Å². The van der Waals surface area contributed by atoms with Crippen molar-refractivity contribution in [2.75, 3.05) is 45.9 Å².